The Morgan fingerprint density at radius 1 is 1.16 bits per heavy atom. The molecule has 0 N–H and O–H groups in total. The number of carbonyl (C=O) groups is 2. The smallest absolute Gasteiger partial charge is 0.316 e. The van der Waals surface area contributed by atoms with Crippen LogP contribution in [-0.2, 0) is 9.59 Å². The van der Waals surface area contributed by atoms with E-state index >= 15 is 0 Å². The molecule has 0 heterocycles. The van der Waals surface area contributed by atoms with E-state index in [0.717, 1.165) is 0 Å². The second-order valence-electron chi connectivity index (χ2n) is 5.11. The van der Waals surface area contributed by atoms with Crippen molar-refractivity contribution in [2.24, 2.45) is 5.41 Å². The maximum absolute atomic E-state index is 11.9. The number of hydrogen-bond donors (Lipinski definition) is 0. The van der Waals surface area contributed by atoms with Crippen LogP contribution >= 0.6 is 0 Å². The van der Waals surface area contributed by atoms with Gasteiger partial charge < -0.3 is 9.47 Å². The Morgan fingerprint density at radius 2 is 1.68 bits per heavy atom. The second kappa shape index (κ2) is 5.69. The molecule has 1 aromatic carbocycles. The highest BCUT2D eigenvalue weighted by atomic mass is 16.5. The molecule has 0 unspecified atom stereocenters. The number of benzene rings is 1. The zero-order chi connectivity index (χ0) is 14.6. The number of hydrogen-bond acceptors (Lipinski definition) is 4. The van der Waals surface area contributed by atoms with E-state index in [2.05, 4.69) is 6.58 Å². The van der Waals surface area contributed by atoms with Gasteiger partial charge in [0.05, 0.1) is 11.0 Å². The molecule has 102 valence electrons. The van der Waals surface area contributed by atoms with Gasteiger partial charge in [0.2, 0.25) is 0 Å². The number of esters is 2. The minimum Gasteiger partial charge on any atom is -0.426 e. The Morgan fingerprint density at radius 3 is 2.11 bits per heavy atom. The van der Waals surface area contributed by atoms with E-state index < -0.39 is 11.4 Å². The highest BCUT2D eigenvalue weighted by molar-refractivity contribution is 5.80. The molecule has 0 saturated heterocycles. The lowest BCUT2D eigenvalue weighted by molar-refractivity contribution is -0.143. The molecule has 0 radical (unpaired) electrons. The summed E-state index contributed by atoms with van der Waals surface area (Å²) < 4.78 is 10.4. The van der Waals surface area contributed by atoms with Gasteiger partial charge in [0.25, 0.3) is 0 Å². The summed E-state index contributed by atoms with van der Waals surface area (Å²) in [6, 6.07) is 4.90. The molecule has 4 nitrogen and oxygen atoms in total. The first kappa shape index (κ1) is 15.0. The molecule has 4 heteroatoms. The maximum atomic E-state index is 11.9. The molecule has 0 amide bonds. The summed E-state index contributed by atoms with van der Waals surface area (Å²) in [7, 11) is 0. The minimum atomic E-state index is -0.615. The van der Waals surface area contributed by atoms with Gasteiger partial charge in [-0.1, -0.05) is 18.7 Å². The molecule has 0 aromatic heterocycles. The van der Waals surface area contributed by atoms with E-state index in [1.807, 2.05) is 0 Å². The Bertz CT molecular complexity index is 509. The third kappa shape index (κ3) is 3.95. The van der Waals surface area contributed by atoms with Crippen molar-refractivity contribution in [2.75, 3.05) is 0 Å². The lowest BCUT2D eigenvalue weighted by atomic mass is 9.97. The van der Waals surface area contributed by atoms with Crippen LogP contribution < -0.4 is 9.47 Å². The fraction of sp³-hybridized carbons (Fsp3) is 0.333. The first-order chi connectivity index (χ1) is 8.75. The summed E-state index contributed by atoms with van der Waals surface area (Å²) in [5.41, 5.74) is -0.133. The van der Waals surface area contributed by atoms with Crippen LogP contribution in [0.25, 0.3) is 6.08 Å². The van der Waals surface area contributed by atoms with Crippen molar-refractivity contribution < 1.29 is 19.1 Å². The normalized spacial score (nSPS) is 10.7. The molecule has 0 bridgehead atoms. The fourth-order valence-corrected chi connectivity index (χ4v) is 1.31. The molecule has 19 heavy (non-hydrogen) atoms. The van der Waals surface area contributed by atoms with E-state index in [-0.39, 0.29) is 5.97 Å². The van der Waals surface area contributed by atoms with E-state index in [4.69, 9.17) is 9.47 Å². The number of rotatable bonds is 3. The molecule has 0 atom stereocenters. The SMILES string of the molecule is C=Cc1c(OC(C)=O)cccc1OC(=O)C(C)(C)C. The standard InChI is InChI=1S/C15H18O4/c1-6-11-12(18-10(2)16)8-7-9-13(11)19-14(17)15(3,4)5/h6-9H,1H2,2-5H3. The molecule has 0 spiro atoms. The van der Waals surface area contributed by atoms with Crippen molar-refractivity contribution in [3.05, 3.63) is 30.3 Å². The summed E-state index contributed by atoms with van der Waals surface area (Å²) >= 11 is 0. The van der Waals surface area contributed by atoms with Crippen LogP contribution in [0.1, 0.15) is 33.3 Å². The van der Waals surface area contributed by atoms with Crippen molar-refractivity contribution in [1.29, 1.82) is 0 Å². The minimum absolute atomic E-state index is 0.321. The zero-order valence-electron chi connectivity index (χ0n) is 11.6. The van der Waals surface area contributed by atoms with Gasteiger partial charge in [0, 0.05) is 6.92 Å². The lowest BCUT2D eigenvalue weighted by Gasteiger charge is -2.18. The van der Waals surface area contributed by atoms with Crippen molar-refractivity contribution in [3.63, 3.8) is 0 Å². The predicted molar refractivity (Wildman–Crippen MR) is 72.9 cm³/mol. The van der Waals surface area contributed by atoms with Gasteiger partial charge in [-0.3, -0.25) is 9.59 Å². The zero-order valence-corrected chi connectivity index (χ0v) is 11.6. The summed E-state index contributed by atoms with van der Waals surface area (Å²) in [5, 5.41) is 0. The quantitative estimate of drug-likeness (QED) is 0.620. The first-order valence-electron chi connectivity index (χ1n) is 5.92. The van der Waals surface area contributed by atoms with E-state index in [9.17, 15) is 9.59 Å². The van der Waals surface area contributed by atoms with Crippen LogP contribution in [0.4, 0.5) is 0 Å². The first-order valence-corrected chi connectivity index (χ1v) is 5.92. The summed E-state index contributed by atoms with van der Waals surface area (Å²) in [4.78, 5) is 22.9. The second-order valence-corrected chi connectivity index (χ2v) is 5.11. The molecule has 0 aliphatic carbocycles. The average Bonchev–Trinajstić information content (AvgIpc) is 2.27. The third-order valence-electron chi connectivity index (χ3n) is 2.30. The number of carbonyl (C=O) groups excluding carboxylic acids is 2. The molecule has 1 aromatic rings. The van der Waals surface area contributed by atoms with Gasteiger partial charge >= 0.3 is 11.9 Å². The maximum Gasteiger partial charge on any atom is 0.316 e. The third-order valence-corrected chi connectivity index (χ3v) is 2.30. The molecular weight excluding hydrogens is 244 g/mol. The molecule has 0 aliphatic heterocycles. The predicted octanol–water partition coefficient (Wildman–Crippen LogP) is 3.21. The molecular formula is C15H18O4. The van der Waals surface area contributed by atoms with Crippen LogP contribution in [0, 0.1) is 5.41 Å². The fourth-order valence-electron chi connectivity index (χ4n) is 1.31. The lowest BCUT2D eigenvalue weighted by Crippen LogP contribution is -2.25. The van der Waals surface area contributed by atoms with Gasteiger partial charge in [-0.25, -0.2) is 0 Å². The van der Waals surface area contributed by atoms with Crippen molar-refractivity contribution in [3.8, 4) is 11.5 Å². The van der Waals surface area contributed by atoms with Gasteiger partial charge in [-0.15, -0.1) is 0 Å². The molecule has 0 aliphatic rings. The van der Waals surface area contributed by atoms with Crippen molar-refractivity contribution in [2.45, 2.75) is 27.7 Å². The van der Waals surface area contributed by atoms with Crippen LogP contribution in [0.15, 0.2) is 24.8 Å². The summed E-state index contributed by atoms with van der Waals surface area (Å²) in [6.07, 6.45) is 1.49. The van der Waals surface area contributed by atoms with Crippen LogP contribution in [-0.4, -0.2) is 11.9 Å². The Balaban J connectivity index is 3.11. The number of ether oxygens (including phenoxy) is 2. The highest BCUT2D eigenvalue weighted by Crippen LogP contribution is 2.31. The van der Waals surface area contributed by atoms with Crippen LogP contribution in [0.3, 0.4) is 0 Å². The Kier molecular flexibility index (Phi) is 4.48. The van der Waals surface area contributed by atoms with Crippen molar-refractivity contribution >= 4 is 18.0 Å². The van der Waals surface area contributed by atoms with Crippen molar-refractivity contribution in [1.82, 2.24) is 0 Å². The highest BCUT2D eigenvalue weighted by Gasteiger charge is 2.25. The monoisotopic (exact) mass is 262 g/mol. The van der Waals surface area contributed by atoms with E-state index in [0.29, 0.717) is 17.1 Å². The molecule has 0 saturated carbocycles. The largest absolute Gasteiger partial charge is 0.426 e. The average molecular weight is 262 g/mol. The Labute approximate surface area is 113 Å². The molecule has 0 fully saturated rings. The summed E-state index contributed by atoms with van der Waals surface area (Å²) in [6.45, 7) is 10.2. The van der Waals surface area contributed by atoms with Gasteiger partial charge in [0.1, 0.15) is 11.5 Å². The van der Waals surface area contributed by atoms with Crippen LogP contribution in [0.5, 0.6) is 11.5 Å². The Hall–Kier alpha value is -2.10. The van der Waals surface area contributed by atoms with Gasteiger partial charge in [0.15, 0.2) is 0 Å². The van der Waals surface area contributed by atoms with Crippen LogP contribution in [0.2, 0.25) is 0 Å². The topological polar surface area (TPSA) is 52.6 Å². The van der Waals surface area contributed by atoms with Gasteiger partial charge in [-0.05, 0) is 32.9 Å². The van der Waals surface area contributed by atoms with E-state index in [1.165, 1.54) is 13.0 Å². The summed E-state index contributed by atoms with van der Waals surface area (Å²) in [5.74, 6) is -0.159. The van der Waals surface area contributed by atoms with Gasteiger partial charge in [-0.2, -0.15) is 0 Å². The molecule has 1 rings (SSSR count). The van der Waals surface area contributed by atoms with E-state index in [1.54, 1.807) is 39.0 Å².